The van der Waals surface area contributed by atoms with Gasteiger partial charge in [0.1, 0.15) is 0 Å². The molecular formula is C14H25N3O. The summed E-state index contributed by atoms with van der Waals surface area (Å²) in [7, 11) is 2.09. The van der Waals surface area contributed by atoms with Crippen LogP contribution in [0.3, 0.4) is 0 Å². The zero-order valence-corrected chi connectivity index (χ0v) is 11.3. The van der Waals surface area contributed by atoms with Crippen molar-refractivity contribution in [1.29, 1.82) is 0 Å². The van der Waals surface area contributed by atoms with E-state index in [-0.39, 0.29) is 11.8 Å². The second-order valence-electron chi connectivity index (χ2n) is 6.68. The van der Waals surface area contributed by atoms with Gasteiger partial charge >= 0.3 is 0 Å². The number of hydrogen-bond acceptors (Lipinski definition) is 3. The number of carbonyl (C=O) groups excluding carboxylic acids is 1. The molecule has 3 aliphatic rings. The van der Waals surface area contributed by atoms with E-state index in [1.54, 1.807) is 0 Å². The van der Waals surface area contributed by atoms with E-state index in [1.807, 2.05) is 0 Å². The topological polar surface area (TPSA) is 58.4 Å². The van der Waals surface area contributed by atoms with E-state index in [0.29, 0.717) is 12.1 Å². The average Bonchev–Trinajstić information content (AvgIpc) is 2.92. The summed E-state index contributed by atoms with van der Waals surface area (Å²) in [6.07, 6.45) is 5.68. The zero-order valence-electron chi connectivity index (χ0n) is 11.3. The van der Waals surface area contributed by atoms with Crippen LogP contribution in [0.1, 0.15) is 32.1 Å². The standard InChI is InChI=1S/C14H25N3O/c1-17-3-2-9(8-17)14(18)16-13-6-10-4-12(15)5-11(10)7-13/h9-13H,2-8,15H2,1H3,(H,16,18). The van der Waals surface area contributed by atoms with Crippen molar-refractivity contribution in [2.75, 3.05) is 20.1 Å². The van der Waals surface area contributed by atoms with Crippen LogP contribution in [0.25, 0.3) is 0 Å². The molecule has 1 amide bonds. The molecule has 0 radical (unpaired) electrons. The van der Waals surface area contributed by atoms with Gasteiger partial charge in [-0.05, 0) is 57.5 Å². The fourth-order valence-electron chi connectivity index (χ4n) is 4.25. The first-order valence-electron chi connectivity index (χ1n) is 7.36. The molecule has 1 aliphatic heterocycles. The highest BCUT2D eigenvalue weighted by atomic mass is 16.2. The van der Waals surface area contributed by atoms with Gasteiger partial charge in [0.2, 0.25) is 5.91 Å². The third-order valence-electron chi connectivity index (χ3n) is 5.16. The first-order chi connectivity index (χ1) is 8.61. The molecule has 18 heavy (non-hydrogen) atoms. The summed E-state index contributed by atoms with van der Waals surface area (Å²) >= 11 is 0. The molecule has 0 aromatic heterocycles. The van der Waals surface area contributed by atoms with Crippen molar-refractivity contribution in [3.05, 3.63) is 0 Å². The molecule has 3 N–H and O–H groups in total. The summed E-state index contributed by atoms with van der Waals surface area (Å²) in [5.74, 6) is 2.06. The van der Waals surface area contributed by atoms with E-state index in [4.69, 9.17) is 5.73 Å². The number of rotatable bonds is 2. The molecule has 1 heterocycles. The number of likely N-dealkylation sites (tertiary alicyclic amines) is 1. The maximum Gasteiger partial charge on any atom is 0.224 e. The van der Waals surface area contributed by atoms with Gasteiger partial charge in [0.25, 0.3) is 0 Å². The zero-order chi connectivity index (χ0) is 12.7. The van der Waals surface area contributed by atoms with E-state index in [2.05, 4.69) is 17.3 Å². The van der Waals surface area contributed by atoms with Crippen molar-refractivity contribution in [2.45, 2.75) is 44.2 Å². The first kappa shape index (κ1) is 12.4. The minimum absolute atomic E-state index is 0.220. The highest BCUT2D eigenvalue weighted by Crippen LogP contribution is 2.43. The number of nitrogens with zero attached hydrogens (tertiary/aromatic N) is 1. The van der Waals surface area contributed by atoms with Crippen LogP contribution in [-0.4, -0.2) is 43.0 Å². The Morgan fingerprint density at radius 3 is 2.44 bits per heavy atom. The highest BCUT2D eigenvalue weighted by Gasteiger charge is 2.41. The Morgan fingerprint density at radius 1 is 1.22 bits per heavy atom. The SMILES string of the molecule is CN1CCC(C(=O)NC2CC3CC(N)CC3C2)C1. The second-order valence-corrected chi connectivity index (χ2v) is 6.68. The van der Waals surface area contributed by atoms with Gasteiger partial charge in [-0.1, -0.05) is 0 Å². The van der Waals surface area contributed by atoms with Crippen molar-refractivity contribution >= 4 is 5.91 Å². The molecule has 0 aromatic carbocycles. The molecule has 2 aliphatic carbocycles. The Kier molecular flexibility index (Phi) is 3.32. The summed E-state index contributed by atoms with van der Waals surface area (Å²) in [5.41, 5.74) is 5.99. The molecule has 3 unspecified atom stereocenters. The molecule has 0 spiro atoms. The molecule has 1 saturated heterocycles. The Balaban J connectivity index is 1.48. The highest BCUT2D eigenvalue weighted by molar-refractivity contribution is 5.79. The number of amides is 1. The lowest BCUT2D eigenvalue weighted by molar-refractivity contribution is -0.125. The quantitative estimate of drug-likeness (QED) is 0.754. The van der Waals surface area contributed by atoms with Crippen molar-refractivity contribution in [1.82, 2.24) is 10.2 Å². The van der Waals surface area contributed by atoms with Crippen LogP contribution in [0.5, 0.6) is 0 Å². The molecule has 2 saturated carbocycles. The summed E-state index contributed by atoms with van der Waals surface area (Å²) in [6, 6.07) is 0.839. The number of fused-ring (bicyclic) bond motifs is 1. The van der Waals surface area contributed by atoms with Gasteiger partial charge < -0.3 is 16.0 Å². The Hall–Kier alpha value is -0.610. The maximum absolute atomic E-state index is 12.2. The van der Waals surface area contributed by atoms with Crippen LogP contribution in [0.4, 0.5) is 0 Å². The Labute approximate surface area is 109 Å². The lowest BCUT2D eigenvalue weighted by atomic mass is 10.0. The van der Waals surface area contributed by atoms with E-state index >= 15 is 0 Å². The number of hydrogen-bond donors (Lipinski definition) is 2. The largest absolute Gasteiger partial charge is 0.353 e. The molecule has 4 heteroatoms. The van der Waals surface area contributed by atoms with Gasteiger partial charge in [-0.25, -0.2) is 0 Å². The molecule has 0 aromatic rings. The molecule has 3 rings (SSSR count). The van der Waals surface area contributed by atoms with Crippen LogP contribution in [-0.2, 0) is 4.79 Å². The van der Waals surface area contributed by atoms with E-state index in [1.165, 1.54) is 12.8 Å². The Morgan fingerprint density at radius 2 is 1.89 bits per heavy atom. The van der Waals surface area contributed by atoms with Crippen molar-refractivity contribution in [2.24, 2.45) is 23.5 Å². The third-order valence-corrected chi connectivity index (χ3v) is 5.16. The third kappa shape index (κ3) is 2.41. The van der Waals surface area contributed by atoms with Crippen LogP contribution >= 0.6 is 0 Å². The predicted octanol–water partition coefficient (Wildman–Crippen LogP) is 0.570. The average molecular weight is 251 g/mol. The fourth-order valence-corrected chi connectivity index (χ4v) is 4.25. The minimum Gasteiger partial charge on any atom is -0.353 e. The van der Waals surface area contributed by atoms with Gasteiger partial charge in [-0.15, -0.1) is 0 Å². The van der Waals surface area contributed by atoms with Crippen LogP contribution < -0.4 is 11.1 Å². The van der Waals surface area contributed by atoms with Crippen LogP contribution in [0, 0.1) is 17.8 Å². The summed E-state index contributed by atoms with van der Waals surface area (Å²) < 4.78 is 0. The first-order valence-corrected chi connectivity index (χ1v) is 7.36. The summed E-state index contributed by atoms with van der Waals surface area (Å²) in [4.78, 5) is 14.4. The van der Waals surface area contributed by atoms with Crippen LogP contribution in [0.15, 0.2) is 0 Å². The van der Waals surface area contributed by atoms with Crippen molar-refractivity contribution in [3.63, 3.8) is 0 Å². The lowest BCUT2D eigenvalue weighted by Crippen LogP contribution is -2.39. The predicted molar refractivity (Wildman–Crippen MR) is 71.0 cm³/mol. The van der Waals surface area contributed by atoms with Gasteiger partial charge in [0.15, 0.2) is 0 Å². The van der Waals surface area contributed by atoms with E-state index < -0.39 is 0 Å². The lowest BCUT2D eigenvalue weighted by Gasteiger charge is -2.17. The van der Waals surface area contributed by atoms with Crippen molar-refractivity contribution < 1.29 is 4.79 Å². The fraction of sp³-hybridized carbons (Fsp3) is 0.929. The van der Waals surface area contributed by atoms with Gasteiger partial charge in [-0.3, -0.25) is 4.79 Å². The van der Waals surface area contributed by atoms with Gasteiger partial charge in [0.05, 0.1) is 5.92 Å². The van der Waals surface area contributed by atoms with Crippen molar-refractivity contribution in [3.8, 4) is 0 Å². The Bertz CT molecular complexity index is 319. The molecular weight excluding hydrogens is 226 g/mol. The summed E-state index contributed by atoms with van der Waals surface area (Å²) in [5, 5.41) is 3.28. The number of carbonyl (C=O) groups is 1. The molecule has 3 atom stereocenters. The molecule has 0 bridgehead atoms. The number of nitrogens with one attached hydrogen (secondary N) is 1. The number of nitrogens with two attached hydrogens (primary N) is 1. The molecule has 3 fully saturated rings. The monoisotopic (exact) mass is 251 g/mol. The van der Waals surface area contributed by atoms with E-state index in [9.17, 15) is 4.79 Å². The normalized spacial score (nSPS) is 44.2. The molecule has 4 nitrogen and oxygen atoms in total. The summed E-state index contributed by atoms with van der Waals surface area (Å²) in [6.45, 7) is 1.99. The van der Waals surface area contributed by atoms with Gasteiger partial charge in [-0.2, -0.15) is 0 Å². The minimum atomic E-state index is 0.220. The molecule has 102 valence electrons. The second kappa shape index (κ2) is 4.82. The smallest absolute Gasteiger partial charge is 0.224 e. The maximum atomic E-state index is 12.2. The van der Waals surface area contributed by atoms with Gasteiger partial charge in [0, 0.05) is 18.6 Å². The van der Waals surface area contributed by atoms with E-state index in [0.717, 1.165) is 44.2 Å². The van der Waals surface area contributed by atoms with Crippen LogP contribution in [0.2, 0.25) is 0 Å².